The van der Waals surface area contributed by atoms with Crippen molar-refractivity contribution >= 4 is 5.91 Å². The van der Waals surface area contributed by atoms with Crippen LogP contribution in [0.4, 0.5) is 0 Å². The minimum absolute atomic E-state index is 0.211. The highest BCUT2D eigenvalue weighted by atomic mass is 16.5. The quantitative estimate of drug-likeness (QED) is 0.769. The van der Waals surface area contributed by atoms with Gasteiger partial charge in [0.1, 0.15) is 0 Å². The minimum Gasteiger partial charge on any atom is -0.381 e. The highest BCUT2D eigenvalue weighted by molar-refractivity contribution is 5.79. The van der Waals surface area contributed by atoms with E-state index in [0.29, 0.717) is 17.9 Å². The van der Waals surface area contributed by atoms with Crippen LogP contribution in [0.25, 0.3) is 0 Å². The summed E-state index contributed by atoms with van der Waals surface area (Å²) in [6.07, 6.45) is 5.43. The third kappa shape index (κ3) is 3.71. The number of amides is 1. The Hall–Kier alpha value is -0.570. The third-order valence-corrected chi connectivity index (χ3v) is 4.84. The fraction of sp³-hybridized carbons (Fsp3) is 0.938. The molecule has 2 aliphatic heterocycles. The Morgan fingerprint density at radius 1 is 1.11 bits per heavy atom. The maximum Gasteiger partial charge on any atom is 0.226 e. The van der Waals surface area contributed by atoms with Crippen LogP contribution in [0.15, 0.2) is 0 Å². The van der Waals surface area contributed by atoms with Crippen LogP contribution < -0.4 is 0 Å². The molecule has 2 saturated heterocycles. The summed E-state index contributed by atoms with van der Waals surface area (Å²) in [7, 11) is 0. The SMILES string of the molecule is CC1CCC(C(C)C)N(C(=O)C2CCOCC2)CC1. The lowest BCUT2D eigenvalue weighted by Gasteiger charge is -2.36. The number of hydrogen-bond donors (Lipinski definition) is 0. The number of likely N-dealkylation sites (tertiary alicyclic amines) is 1. The molecular weight excluding hydrogens is 238 g/mol. The van der Waals surface area contributed by atoms with Crippen LogP contribution >= 0.6 is 0 Å². The first-order chi connectivity index (χ1) is 9.09. The average molecular weight is 267 g/mol. The van der Waals surface area contributed by atoms with Crippen molar-refractivity contribution in [3.05, 3.63) is 0 Å². The number of ether oxygens (including phenoxy) is 1. The van der Waals surface area contributed by atoms with Crippen molar-refractivity contribution in [3.63, 3.8) is 0 Å². The van der Waals surface area contributed by atoms with Gasteiger partial charge in [0.05, 0.1) is 0 Å². The largest absolute Gasteiger partial charge is 0.381 e. The Morgan fingerprint density at radius 2 is 1.79 bits per heavy atom. The lowest BCUT2D eigenvalue weighted by Crippen LogP contribution is -2.46. The van der Waals surface area contributed by atoms with Crippen molar-refractivity contribution in [3.8, 4) is 0 Å². The van der Waals surface area contributed by atoms with Crippen LogP contribution in [0.3, 0.4) is 0 Å². The molecule has 19 heavy (non-hydrogen) atoms. The van der Waals surface area contributed by atoms with E-state index in [-0.39, 0.29) is 5.92 Å². The van der Waals surface area contributed by atoms with Gasteiger partial charge >= 0.3 is 0 Å². The molecule has 2 unspecified atom stereocenters. The number of rotatable bonds is 2. The molecule has 2 aliphatic rings. The van der Waals surface area contributed by atoms with Gasteiger partial charge in [-0.15, -0.1) is 0 Å². The summed E-state index contributed by atoms with van der Waals surface area (Å²) in [5, 5.41) is 0. The highest BCUT2D eigenvalue weighted by Gasteiger charge is 2.33. The van der Waals surface area contributed by atoms with E-state index in [2.05, 4.69) is 25.7 Å². The molecule has 3 nitrogen and oxygen atoms in total. The van der Waals surface area contributed by atoms with Crippen LogP contribution in [0.2, 0.25) is 0 Å². The molecule has 0 aromatic carbocycles. The van der Waals surface area contributed by atoms with Gasteiger partial charge in [0.2, 0.25) is 5.91 Å². The first-order valence-electron chi connectivity index (χ1n) is 7.97. The van der Waals surface area contributed by atoms with Crippen LogP contribution in [-0.2, 0) is 9.53 Å². The Morgan fingerprint density at radius 3 is 2.42 bits per heavy atom. The van der Waals surface area contributed by atoms with Gasteiger partial charge in [0.25, 0.3) is 0 Å². The average Bonchev–Trinajstić information content (AvgIpc) is 2.61. The second-order valence-corrected chi connectivity index (χ2v) is 6.70. The third-order valence-electron chi connectivity index (χ3n) is 4.84. The van der Waals surface area contributed by atoms with Crippen LogP contribution in [0, 0.1) is 17.8 Å². The summed E-state index contributed by atoms with van der Waals surface area (Å²) >= 11 is 0. The van der Waals surface area contributed by atoms with Crippen molar-refractivity contribution in [1.82, 2.24) is 4.90 Å². The maximum absolute atomic E-state index is 12.8. The molecule has 2 rings (SSSR count). The number of nitrogens with zero attached hydrogens (tertiary/aromatic N) is 1. The molecule has 0 saturated carbocycles. The Kier molecular flexibility index (Phi) is 5.26. The monoisotopic (exact) mass is 267 g/mol. The fourth-order valence-corrected chi connectivity index (χ4v) is 3.43. The standard InChI is InChI=1S/C16H29NO2/c1-12(2)15-5-4-13(3)6-9-17(15)16(18)14-7-10-19-11-8-14/h12-15H,4-11H2,1-3H3. The molecule has 3 heteroatoms. The zero-order valence-corrected chi connectivity index (χ0v) is 12.7. The van der Waals surface area contributed by atoms with E-state index in [4.69, 9.17) is 4.74 Å². The van der Waals surface area contributed by atoms with Crippen molar-refractivity contribution in [2.75, 3.05) is 19.8 Å². The molecule has 2 heterocycles. The molecule has 0 bridgehead atoms. The first kappa shape index (κ1) is 14.8. The van der Waals surface area contributed by atoms with Gasteiger partial charge in [0.15, 0.2) is 0 Å². The van der Waals surface area contributed by atoms with E-state index in [1.165, 1.54) is 12.8 Å². The van der Waals surface area contributed by atoms with Gasteiger partial charge in [-0.05, 0) is 43.9 Å². The van der Waals surface area contributed by atoms with Crippen molar-refractivity contribution < 1.29 is 9.53 Å². The van der Waals surface area contributed by atoms with Crippen LogP contribution in [-0.4, -0.2) is 36.6 Å². The molecule has 0 radical (unpaired) electrons. The predicted octanol–water partition coefficient (Wildman–Crippen LogP) is 3.09. The predicted molar refractivity (Wildman–Crippen MR) is 76.9 cm³/mol. The molecule has 0 spiro atoms. The smallest absolute Gasteiger partial charge is 0.226 e. The van der Waals surface area contributed by atoms with Gasteiger partial charge in [-0.2, -0.15) is 0 Å². The molecule has 2 atom stereocenters. The highest BCUT2D eigenvalue weighted by Crippen LogP contribution is 2.29. The number of carbonyl (C=O) groups excluding carboxylic acids is 1. The zero-order chi connectivity index (χ0) is 13.8. The molecule has 0 aromatic heterocycles. The van der Waals surface area contributed by atoms with Gasteiger partial charge in [0, 0.05) is 31.7 Å². The molecule has 2 fully saturated rings. The van der Waals surface area contributed by atoms with E-state index in [0.717, 1.165) is 44.9 Å². The van der Waals surface area contributed by atoms with E-state index in [1.807, 2.05) is 0 Å². The number of carbonyl (C=O) groups is 1. The molecule has 0 N–H and O–H groups in total. The number of hydrogen-bond acceptors (Lipinski definition) is 2. The molecule has 0 aromatic rings. The molecular formula is C16H29NO2. The second kappa shape index (κ2) is 6.74. The Labute approximate surface area is 117 Å². The normalized spacial score (nSPS) is 30.4. The van der Waals surface area contributed by atoms with Gasteiger partial charge in [-0.3, -0.25) is 4.79 Å². The molecule has 1 amide bonds. The first-order valence-corrected chi connectivity index (χ1v) is 7.97. The summed E-state index contributed by atoms with van der Waals surface area (Å²) in [5.74, 6) is 1.93. The summed E-state index contributed by atoms with van der Waals surface area (Å²) in [6, 6.07) is 0.445. The summed E-state index contributed by atoms with van der Waals surface area (Å²) < 4.78 is 5.38. The van der Waals surface area contributed by atoms with E-state index < -0.39 is 0 Å². The van der Waals surface area contributed by atoms with Crippen molar-refractivity contribution in [2.24, 2.45) is 17.8 Å². The summed E-state index contributed by atoms with van der Waals surface area (Å²) in [6.45, 7) is 9.30. The topological polar surface area (TPSA) is 29.5 Å². The maximum atomic E-state index is 12.8. The van der Waals surface area contributed by atoms with Crippen LogP contribution in [0.5, 0.6) is 0 Å². The van der Waals surface area contributed by atoms with Crippen LogP contribution in [0.1, 0.15) is 52.9 Å². The van der Waals surface area contributed by atoms with Gasteiger partial charge in [-0.1, -0.05) is 20.8 Å². The summed E-state index contributed by atoms with van der Waals surface area (Å²) in [5.41, 5.74) is 0. The lowest BCUT2D eigenvalue weighted by molar-refractivity contribution is -0.141. The second-order valence-electron chi connectivity index (χ2n) is 6.70. The zero-order valence-electron chi connectivity index (χ0n) is 12.7. The van der Waals surface area contributed by atoms with E-state index >= 15 is 0 Å². The van der Waals surface area contributed by atoms with Gasteiger partial charge in [-0.25, -0.2) is 0 Å². The van der Waals surface area contributed by atoms with Gasteiger partial charge < -0.3 is 9.64 Å². The Bertz CT molecular complexity index is 297. The van der Waals surface area contributed by atoms with Crippen molar-refractivity contribution in [1.29, 1.82) is 0 Å². The molecule has 0 aliphatic carbocycles. The Balaban J connectivity index is 2.06. The summed E-state index contributed by atoms with van der Waals surface area (Å²) in [4.78, 5) is 15.0. The van der Waals surface area contributed by atoms with E-state index in [1.54, 1.807) is 0 Å². The minimum atomic E-state index is 0.211. The lowest BCUT2D eigenvalue weighted by atomic mass is 9.93. The molecule has 110 valence electrons. The van der Waals surface area contributed by atoms with E-state index in [9.17, 15) is 4.79 Å². The van der Waals surface area contributed by atoms with Crippen molar-refractivity contribution in [2.45, 2.75) is 58.9 Å². The fourth-order valence-electron chi connectivity index (χ4n) is 3.43.